The molecule has 0 fully saturated rings. The van der Waals surface area contributed by atoms with Gasteiger partial charge in [0.2, 0.25) is 0 Å². The quantitative estimate of drug-likeness (QED) is 0.758. The molecule has 78 valence electrons. The molecule has 1 amide bonds. The molecule has 1 aromatic heterocycles. The van der Waals surface area contributed by atoms with Gasteiger partial charge in [-0.2, -0.15) is 0 Å². The maximum atomic E-state index is 11.6. The number of nitrogens with one attached hydrogen (secondary N) is 1. The van der Waals surface area contributed by atoms with Crippen molar-refractivity contribution in [1.82, 2.24) is 5.32 Å². The summed E-state index contributed by atoms with van der Waals surface area (Å²) in [5.41, 5.74) is 5.77. The van der Waals surface area contributed by atoms with Crippen molar-refractivity contribution in [3.63, 3.8) is 0 Å². The maximum Gasteiger partial charge on any atom is 0.254 e. The number of carbonyl (C=O) groups excluding carboxylic acids is 1. The molecule has 1 atom stereocenters. The number of furan rings is 1. The number of carbonyl (C=O) groups is 1. The Morgan fingerprint density at radius 1 is 1.71 bits per heavy atom. The van der Waals surface area contributed by atoms with E-state index in [0.29, 0.717) is 12.1 Å². The van der Waals surface area contributed by atoms with Crippen molar-refractivity contribution < 1.29 is 9.21 Å². The van der Waals surface area contributed by atoms with Crippen molar-refractivity contribution in [1.29, 1.82) is 0 Å². The summed E-state index contributed by atoms with van der Waals surface area (Å²) in [5, 5.41) is 2.87. The highest BCUT2D eigenvalue weighted by atomic mass is 16.3. The van der Waals surface area contributed by atoms with Crippen LogP contribution in [0.1, 0.15) is 30.6 Å². The van der Waals surface area contributed by atoms with E-state index >= 15 is 0 Å². The summed E-state index contributed by atoms with van der Waals surface area (Å²) in [6.45, 7) is 4.33. The fourth-order valence-corrected chi connectivity index (χ4v) is 1.02. The molecule has 3 N–H and O–H groups in total. The SMILES string of the molecule is CCC(C)(CN)NC(=O)c1ccoc1. The molecule has 0 aliphatic rings. The van der Waals surface area contributed by atoms with E-state index in [9.17, 15) is 4.79 Å². The third-order valence-electron chi connectivity index (χ3n) is 2.43. The predicted octanol–water partition coefficient (Wildman–Crippen LogP) is 1.14. The Hall–Kier alpha value is -1.29. The van der Waals surface area contributed by atoms with E-state index in [1.165, 1.54) is 12.5 Å². The van der Waals surface area contributed by atoms with Crippen LogP contribution < -0.4 is 11.1 Å². The summed E-state index contributed by atoms with van der Waals surface area (Å²) in [7, 11) is 0. The molecule has 1 rings (SSSR count). The van der Waals surface area contributed by atoms with Crippen molar-refractivity contribution in [2.24, 2.45) is 5.73 Å². The van der Waals surface area contributed by atoms with E-state index in [4.69, 9.17) is 10.2 Å². The second-order valence-electron chi connectivity index (χ2n) is 3.58. The minimum Gasteiger partial charge on any atom is -0.472 e. The average Bonchev–Trinajstić information content (AvgIpc) is 2.70. The van der Waals surface area contributed by atoms with Gasteiger partial charge in [-0.1, -0.05) is 6.92 Å². The lowest BCUT2D eigenvalue weighted by Gasteiger charge is -2.27. The van der Waals surface area contributed by atoms with Crippen molar-refractivity contribution in [2.75, 3.05) is 6.54 Å². The Kier molecular flexibility index (Phi) is 3.30. The van der Waals surface area contributed by atoms with E-state index in [1.54, 1.807) is 6.07 Å². The molecule has 0 aliphatic heterocycles. The summed E-state index contributed by atoms with van der Waals surface area (Å²) in [4.78, 5) is 11.6. The Morgan fingerprint density at radius 2 is 2.43 bits per heavy atom. The molecule has 0 spiro atoms. The van der Waals surface area contributed by atoms with Gasteiger partial charge in [0, 0.05) is 12.1 Å². The number of amides is 1. The predicted molar refractivity (Wildman–Crippen MR) is 53.9 cm³/mol. The lowest BCUT2D eigenvalue weighted by atomic mass is 9.99. The summed E-state index contributed by atoms with van der Waals surface area (Å²) in [6, 6.07) is 1.63. The van der Waals surface area contributed by atoms with Gasteiger partial charge in [0.15, 0.2) is 0 Å². The number of nitrogens with two attached hydrogens (primary N) is 1. The highest BCUT2D eigenvalue weighted by Crippen LogP contribution is 2.09. The Morgan fingerprint density at radius 3 is 2.86 bits per heavy atom. The zero-order valence-electron chi connectivity index (χ0n) is 8.54. The molecule has 0 aromatic carbocycles. The van der Waals surface area contributed by atoms with Gasteiger partial charge >= 0.3 is 0 Å². The molecule has 1 aromatic rings. The summed E-state index contributed by atoms with van der Waals surface area (Å²) >= 11 is 0. The van der Waals surface area contributed by atoms with E-state index in [2.05, 4.69) is 5.32 Å². The Bertz CT molecular complexity index is 289. The standard InChI is InChI=1S/C10H16N2O2/c1-3-10(2,7-11)12-9(13)8-4-5-14-6-8/h4-6H,3,7,11H2,1-2H3,(H,12,13). The summed E-state index contributed by atoms with van der Waals surface area (Å²) in [6.07, 6.45) is 3.69. The van der Waals surface area contributed by atoms with Crippen molar-refractivity contribution in [3.8, 4) is 0 Å². The molecule has 0 saturated carbocycles. The first-order valence-corrected chi connectivity index (χ1v) is 4.66. The number of hydrogen-bond acceptors (Lipinski definition) is 3. The van der Waals surface area contributed by atoms with Crippen LogP contribution in [0.2, 0.25) is 0 Å². The summed E-state index contributed by atoms with van der Waals surface area (Å²) < 4.78 is 4.83. The second-order valence-corrected chi connectivity index (χ2v) is 3.58. The lowest BCUT2D eigenvalue weighted by Crippen LogP contribution is -2.50. The molecule has 4 heteroatoms. The van der Waals surface area contributed by atoms with Gasteiger partial charge in [0.25, 0.3) is 5.91 Å². The zero-order chi connectivity index (χ0) is 10.6. The fraction of sp³-hybridized carbons (Fsp3) is 0.500. The van der Waals surface area contributed by atoms with Crippen LogP contribution in [0.3, 0.4) is 0 Å². The Balaban J connectivity index is 2.65. The number of rotatable bonds is 4. The molecule has 0 radical (unpaired) electrons. The third-order valence-corrected chi connectivity index (χ3v) is 2.43. The molecule has 4 nitrogen and oxygen atoms in total. The van der Waals surface area contributed by atoms with E-state index in [0.717, 1.165) is 6.42 Å². The minimum absolute atomic E-state index is 0.145. The molecule has 0 aliphatic carbocycles. The fourth-order valence-electron chi connectivity index (χ4n) is 1.02. The average molecular weight is 196 g/mol. The van der Waals surface area contributed by atoms with Gasteiger partial charge in [-0.3, -0.25) is 4.79 Å². The van der Waals surface area contributed by atoms with Crippen LogP contribution in [0, 0.1) is 0 Å². The van der Waals surface area contributed by atoms with Gasteiger partial charge < -0.3 is 15.5 Å². The van der Waals surface area contributed by atoms with Gasteiger partial charge in [-0.25, -0.2) is 0 Å². The third kappa shape index (κ3) is 2.35. The monoisotopic (exact) mass is 196 g/mol. The van der Waals surface area contributed by atoms with Crippen LogP contribution in [0.15, 0.2) is 23.0 Å². The van der Waals surface area contributed by atoms with E-state index in [-0.39, 0.29) is 11.4 Å². The Labute approximate surface area is 83.5 Å². The van der Waals surface area contributed by atoms with Crippen LogP contribution in [-0.4, -0.2) is 18.0 Å². The zero-order valence-corrected chi connectivity index (χ0v) is 8.54. The van der Waals surface area contributed by atoms with Crippen molar-refractivity contribution in [3.05, 3.63) is 24.2 Å². The first-order valence-electron chi connectivity index (χ1n) is 4.66. The summed E-state index contributed by atoms with van der Waals surface area (Å²) in [5.74, 6) is -0.145. The molecule has 1 heterocycles. The van der Waals surface area contributed by atoms with E-state index < -0.39 is 0 Å². The molecule has 14 heavy (non-hydrogen) atoms. The maximum absolute atomic E-state index is 11.6. The van der Waals surface area contributed by atoms with Gasteiger partial charge in [-0.15, -0.1) is 0 Å². The van der Waals surface area contributed by atoms with Crippen LogP contribution in [-0.2, 0) is 0 Å². The van der Waals surface area contributed by atoms with Crippen molar-refractivity contribution in [2.45, 2.75) is 25.8 Å². The van der Waals surface area contributed by atoms with Crippen LogP contribution >= 0.6 is 0 Å². The molecule has 1 unspecified atom stereocenters. The highest BCUT2D eigenvalue weighted by Gasteiger charge is 2.23. The smallest absolute Gasteiger partial charge is 0.254 e. The molecule has 0 saturated heterocycles. The number of hydrogen-bond donors (Lipinski definition) is 2. The van der Waals surface area contributed by atoms with Gasteiger partial charge in [0.05, 0.1) is 11.8 Å². The highest BCUT2D eigenvalue weighted by molar-refractivity contribution is 5.94. The van der Waals surface area contributed by atoms with Crippen LogP contribution in [0.4, 0.5) is 0 Å². The van der Waals surface area contributed by atoms with Crippen molar-refractivity contribution >= 4 is 5.91 Å². The first kappa shape index (κ1) is 10.8. The normalized spacial score (nSPS) is 14.8. The van der Waals surface area contributed by atoms with Crippen LogP contribution in [0.25, 0.3) is 0 Å². The second kappa shape index (κ2) is 4.28. The molecule has 0 bridgehead atoms. The minimum atomic E-state index is -0.339. The first-order chi connectivity index (χ1) is 6.61. The van der Waals surface area contributed by atoms with Gasteiger partial charge in [0.1, 0.15) is 6.26 Å². The van der Waals surface area contributed by atoms with Crippen LogP contribution in [0.5, 0.6) is 0 Å². The lowest BCUT2D eigenvalue weighted by molar-refractivity contribution is 0.0906. The van der Waals surface area contributed by atoms with E-state index in [1.807, 2.05) is 13.8 Å². The largest absolute Gasteiger partial charge is 0.472 e. The van der Waals surface area contributed by atoms with Gasteiger partial charge in [-0.05, 0) is 19.4 Å². The molecular weight excluding hydrogens is 180 g/mol. The molecular formula is C10H16N2O2. The topological polar surface area (TPSA) is 68.3 Å².